The predicted molar refractivity (Wildman–Crippen MR) is 104 cm³/mol. The molecule has 3 N–H and O–H groups in total. The number of hydrogen-bond donors (Lipinski definition) is 2. The fraction of sp³-hybridized carbons (Fsp3) is 0.350. The molecule has 7 heteroatoms. The van der Waals surface area contributed by atoms with E-state index in [2.05, 4.69) is 10.3 Å². The van der Waals surface area contributed by atoms with Gasteiger partial charge in [-0.1, -0.05) is 12.1 Å². The molecule has 2 atom stereocenters. The third kappa shape index (κ3) is 3.86. The van der Waals surface area contributed by atoms with Crippen LogP contribution < -0.4 is 30.0 Å². The van der Waals surface area contributed by atoms with Crippen molar-refractivity contribution in [1.29, 1.82) is 0 Å². The van der Waals surface area contributed by atoms with Crippen LogP contribution in [-0.2, 0) is 0 Å². The minimum Gasteiger partial charge on any atom is -0.493 e. The topological polar surface area (TPSA) is 87.3 Å². The first-order valence-electron chi connectivity index (χ1n) is 8.63. The lowest BCUT2D eigenvalue weighted by molar-refractivity contribution is 0.352. The van der Waals surface area contributed by atoms with Gasteiger partial charge in [-0.15, -0.1) is 0 Å². The molecule has 3 rings (SSSR count). The van der Waals surface area contributed by atoms with Gasteiger partial charge in [0.05, 0.1) is 40.5 Å². The first kappa shape index (κ1) is 18.7. The molecule has 0 amide bonds. The number of benzene rings is 2. The van der Waals surface area contributed by atoms with Crippen LogP contribution >= 0.6 is 0 Å². The third-order valence-electron chi connectivity index (χ3n) is 4.68. The zero-order valence-electron chi connectivity index (χ0n) is 16.0. The summed E-state index contributed by atoms with van der Waals surface area (Å²) in [4.78, 5) is 4.57. The predicted octanol–water partition coefficient (Wildman–Crippen LogP) is 2.81. The summed E-state index contributed by atoms with van der Waals surface area (Å²) >= 11 is 0. The van der Waals surface area contributed by atoms with Gasteiger partial charge >= 0.3 is 0 Å². The van der Waals surface area contributed by atoms with Crippen molar-refractivity contribution in [2.24, 2.45) is 10.7 Å². The van der Waals surface area contributed by atoms with E-state index in [4.69, 9.17) is 24.7 Å². The van der Waals surface area contributed by atoms with Crippen molar-refractivity contribution in [2.75, 3.05) is 28.4 Å². The van der Waals surface area contributed by atoms with Crippen LogP contribution in [0.5, 0.6) is 23.0 Å². The normalized spacial score (nSPS) is 18.9. The van der Waals surface area contributed by atoms with Crippen LogP contribution in [0.4, 0.5) is 0 Å². The van der Waals surface area contributed by atoms with E-state index in [9.17, 15) is 0 Å². The zero-order valence-corrected chi connectivity index (χ0v) is 16.0. The van der Waals surface area contributed by atoms with Crippen LogP contribution in [0.1, 0.15) is 29.6 Å². The molecule has 2 aromatic carbocycles. The number of ether oxygens (including phenoxy) is 4. The number of methoxy groups -OCH3 is 4. The highest BCUT2D eigenvalue weighted by Crippen LogP contribution is 2.38. The van der Waals surface area contributed by atoms with E-state index in [1.54, 1.807) is 28.4 Å². The SMILES string of the molecule is COc1ccc(C2CC(c3ccc(OC)c(OC)c3)NC(N)=N2)cc1OC. The molecule has 27 heavy (non-hydrogen) atoms. The van der Waals surface area contributed by atoms with Crippen molar-refractivity contribution >= 4 is 5.96 Å². The van der Waals surface area contributed by atoms with E-state index in [0.717, 1.165) is 17.5 Å². The molecule has 0 fully saturated rings. The second-order valence-corrected chi connectivity index (χ2v) is 6.19. The van der Waals surface area contributed by atoms with Crippen molar-refractivity contribution in [3.63, 3.8) is 0 Å². The lowest BCUT2D eigenvalue weighted by Crippen LogP contribution is -2.39. The monoisotopic (exact) mass is 371 g/mol. The van der Waals surface area contributed by atoms with Crippen molar-refractivity contribution in [3.05, 3.63) is 47.5 Å². The van der Waals surface area contributed by atoms with E-state index < -0.39 is 0 Å². The average Bonchev–Trinajstić information content (AvgIpc) is 2.72. The molecule has 1 heterocycles. The maximum Gasteiger partial charge on any atom is 0.189 e. The Morgan fingerprint density at radius 3 is 1.89 bits per heavy atom. The Bertz CT molecular complexity index is 838. The molecule has 0 saturated carbocycles. The first-order valence-corrected chi connectivity index (χ1v) is 8.63. The van der Waals surface area contributed by atoms with Crippen LogP contribution in [0.15, 0.2) is 41.4 Å². The Hall–Kier alpha value is -3.09. The van der Waals surface area contributed by atoms with Gasteiger partial charge in [0.25, 0.3) is 0 Å². The molecule has 0 aromatic heterocycles. The molecule has 0 spiro atoms. The highest BCUT2D eigenvalue weighted by molar-refractivity contribution is 5.79. The molecule has 1 aliphatic rings. The Balaban J connectivity index is 1.89. The Kier molecular flexibility index (Phi) is 5.59. The third-order valence-corrected chi connectivity index (χ3v) is 4.68. The molecular formula is C20H25N3O4. The van der Waals surface area contributed by atoms with E-state index in [1.165, 1.54) is 0 Å². The highest BCUT2D eigenvalue weighted by atomic mass is 16.5. The summed E-state index contributed by atoms with van der Waals surface area (Å²) in [6.07, 6.45) is 0.742. The van der Waals surface area contributed by atoms with Gasteiger partial charge in [-0.25, -0.2) is 4.99 Å². The van der Waals surface area contributed by atoms with Crippen molar-refractivity contribution in [2.45, 2.75) is 18.5 Å². The Labute approximate surface area is 159 Å². The standard InChI is InChI=1S/C20H25N3O4/c1-24-16-7-5-12(9-18(16)26-3)14-11-15(23-20(21)22-14)13-6-8-17(25-2)19(10-13)27-4/h5-10,14-15H,11H2,1-4H3,(H3,21,22,23). The van der Waals surface area contributed by atoms with Gasteiger partial charge in [-0.3, -0.25) is 0 Å². The van der Waals surface area contributed by atoms with Gasteiger partial charge in [-0.2, -0.15) is 0 Å². The molecule has 0 aliphatic carbocycles. The van der Waals surface area contributed by atoms with Crippen LogP contribution in [0.3, 0.4) is 0 Å². The molecule has 2 unspecified atom stereocenters. The number of nitrogens with zero attached hydrogens (tertiary/aromatic N) is 1. The van der Waals surface area contributed by atoms with Gasteiger partial charge in [0.2, 0.25) is 0 Å². The van der Waals surface area contributed by atoms with Crippen molar-refractivity contribution < 1.29 is 18.9 Å². The van der Waals surface area contributed by atoms with Crippen LogP contribution in [0.2, 0.25) is 0 Å². The van der Waals surface area contributed by atoms with Crippen LogP contribution in [0.25, 0.3) is 0 Å². The van der Waals surface area contributed by atoms with Gasteiger partial charge in [0.1, 0.15) is 0 Å². The quantitative estimate of drug-likeness (QED) is 0.812. The fourth-order valence-corrected chi connectivity index (χ4v) is 3.28. The number of nitrogens with one attached hydrogen (secondary N) is 1. The summed E-state index contributed by atoms with van der Waals surface area (Å²) in [5.74, 6) is 3.13. The van der Waals surface area contributed by atoms with E-state index in [0.29, 0.717) is 29.0 Å². The maximum atomic E-state index is 6.07. The molecule has 2 aromatic rings. The number of guanidine groups is 1. The molecule has 7 nitrogen and oxygen atoms in total. The van der Waals surface area contributed by atoms with Crippen molar-refractivity contribution in [3.8, 4) is 23.0 Å². The summed E-state index contributed by atoms with van der Waals surface area (Å²) in [5.41, 5.74) is 8.14. The van der Waals surface area contributed by atoms with E-state index in [1.807, 2.05) is 36.4 Å². The summed E-state index contributed by atoms with van der Waals surface area (Å²) in [7, 11) is 6.48. The second kappa shape index (κ2) is 8.07. The smallest absolute Gasteiger partial charge is 0.189 e. The van der Waals surface area contributed by atoms with Gasteiger partial charge in [0, 0.05) is 0 Å². The summed E-state index contributed by atoms with van der Waals surface area (Å²) in [6.45, 7) is 0. The van der Waals surface area contributed by atoms with Crippen LogP contribution in [-0.4, -0.2) is 34.4 Å². The zero-order chi connectivity index (χ0) is 19.4. The number of aliphatic imine (C=N–C) groups is 1. The first-order chi connectivity index (χ1) is 13.1. The Morgan fingerprint density at radius 1 is 0.815 bits per heavy atom. The molecular weight excluding hydrogens is 346 g/mol. The lowest BCUT2D eigenvalue weighted by Gasteiger charge is -2.29. The summed E-state index contributed by atoms with van der Waals surface area (Å²) < 4.78 is 21.5. The summed E-state index contributed by atoms with van der Waals surface area (Å²) in [5, 5.41) is 3.25. The van der Waals surface area contributed by atoms with E-state index >= 15 is 0 Å². The minimum atomic E-state index is -0.0934. The minimum absolute atomic E-state index is 0.000373. The number of rotatable bonds is 6. The molecule has 144 valence electrons. The summed E-state index contributed by atoms with van der Waals surface area (Å²) in [6, 6.07) is 11.6. The van der Waals surface area contributed by atoms with Gasteiger partial charge < -0.3 is 30.0 Å². The second-order valence-electron chi connectivity index (χ2n) is 6.19. The van der Waals surface area contributed by atoms with Crippen molar-refractivity contribution in [1.82, 2.24) is 5.32 Å². The molecule has 0 bridgehead atoms. The highest BCUT2D eigenvalue weighted by Gasteiger charge is 2.26. The number of nitrogens with two attached hydrogens (primary N) is 1. The molecule has 0 radical (unpaired) electrons. The molecule has 0 saturated heterocycles. The van der Waals surface area contributed by atoms with Gasteiger partial charge in [0.15, 0.2) is 29.0 Å². The number of hydrogen-bond acceptors (Lipinski definition) is 7. The molecule has 1 aliphatic heterocycles. The largest absolute Gasteiger partial charge is 0.493 e. The Morgan fingerprint density at radius 2 is 1.33 bits per heavy atom. The average molecular weight is 371 g/mol. The van der Waals surface area contributed by atoms with Gasteiger partial charge in [-0.05, 0) is 41.8 Å². The fourth-order valence-electron chi connectivity index (χ4n) is 3.28. The maximum absolute atomic E-state index is 6.07. The lowest BCUT2D eigenvalue weighted by atomic mass is 9.93. The van der Waals surface area contributed by atoms with E-state index in [-0.39, 0.29) is 12.1 Å². The van der Waals surface area contributed by atoms with Crippen LogP contribution in [0, 0.1) is 0 Å².